The summed E-state index contributed by atoms with van der Waals surface area (Å²) in [5, 5.41) is 2.67. The normalized spacial score (nSPS) is 12.9. The molecule has 0 aliphatic rings. The molecule has 1 aromatic carbocycles. The van der Waals surface area contributed by atoms with Gasteiger partial charge in [-0.25, -0.2) is 4.79 Å². The quantitative estimate of drug-likeness (QED) is 0.847. The second kappa shape index (κ2) is 6.27. The number of halogens is 4. The van der Waals surface area contributed by atoms with Crippen LogP contribution in [0.4, 0.5) is 18.9 Å². The van der Waals surface area contributed by atoms with Crippen molar-refractivity contribution in [3.8, 4) is 0 Å². The van der Waals surface area contributed by atoms with Crippen molar-refractivity contribution in [2.45, 2.75) is 26.1 Å². The maximum atomic E-state index is 12.7. The van der Waals surface area contributed by atoms with Crippen molar-refractivity contribution < 1.29 is 22.7 Å². The van der Waals surface area contributed by atoms with Crippen molar-refractivity contribution in [1.82, 2.24) is 0 Å². The van der Waals surface area contributed by atoms with Crippen molar-refractivity contribution >= 4 is 27.6 Å². The second-order valence-corrected chi connectivity index (χ2v) is 4.66. The van der Waals surface area contributed by atoms with E-state index in [1.165, 1.54) is 19.1 Å². The van der Waals surface area contributed by atoms with Crippen molar-refractivity contribution in [1.29, 1.82) is 0 Å². The predicted octanol–water partition coefficient (Wildman–Crippen LogP) is 3.83. The molecule has 0 saturated heterocycles. The van der Waals surface area contributed by atoms with Crippen LogP contribution in [-0.2, 0) is 15.7 Å². The van der Waals surface area contributed by atoms with Crippen LogP contribution in [0.3, 0.4) is 0 Å². The van der Waals surface area contributed by atoms with Crippen LogP contribution in [0.5, 0.6) is 0 Å². The molecule has 0 bridgehead atoms. The zero-order valence-electron chi connectivity index (χ0n) is 10.3. The molecule has 1 N–H and O–H groups in total. The van der Waals surface area contributed by atoms with E-state index in [0.29, 0.717) is 0 Å². The number of benzene rings is 1. The minimum atomic E-state index is -4.45. The van der Waals surface area contributed by atoms with Gasteiger partial charge in [0.05, 0.1) is 12.2 Å². The molecule has 0 spiro atoms. The Bertz CT molecular complexity index is 463. The van der Waals surface area contributed by atoms with E-state index < -0.39 is 23.8 Å². The zero-order chi connectivity index (χ0) is 14.6. The summed E-state index contributed by atoms with van der Waals surface area (Å²) in [6.07, 6.45) is -4.45. The van der Waals surface area contributed by atoms with E-state index in [2.05, 4.69) is 21.2 Å². The number of hydrogen-bond acceptors (Lipinski definition) is 3. The van der Waals surface area contributed by atoms with Gasteiger partial charge in [-0.1, -0.05) is 15.9 Å². The van der Waals surface area contributed by atoms with Gasteiger partial charge in [0.25, 0.3) is 0 Å². The van der Waals surface area contributed by atoms with Crippen molar-refractivity contribution in [3.63, 3.8) is 0 Å². The highest BCUT2D eigenvalue weighted by molar-refractivity contribution is 9.10. The smallest absolute Gasteiger partial charge is 0.417 e. The summed E-state index contributed by atoms with van der Waals surface area (Å²) in [7, 11) is 0. The van der Waals surface area contributed by atoms with Crippen LogP contribution < -0.4 is 5.32 Å². The molecule has 0 aromatic heterocycles. The maximum Gasteiger partial charge on any atom is 0.417 e. The highest BCUT2D eigenvalue weighted by atomic mass is 79.9. The third-order valence-electron chi connectivity index (χ3n) is 2.30. The summed E-state index contributed by atoms with van der Waals surface area (Å²) in [6, 6.07) is 2.96. The van der Waals surface area contributed by atoms with Gasteiger partial charge in [-0.05, 0) is 32.0 Å². The first-order valence-corrected chi connectivity index (χ1v) is 6.35. The van der Waals surface area contributed by atoms with Gasteiger partial charge in [-0.3, -0.25) is 0 Å². The minimum Gasteiger partial charge on any atom is -0.464 e. The van der Waals surface area contributed by atoms with Crippen LogP contribution in [-0.4, -0.2) is 18.6 Å². The maximum absolute atomic E-state index is 12.7. The van der Waals surface area contributed by atoms with Crippen LogP contribution in [0.1, 0.15) is 19.4 Å². The topological polar surface area (TPSA) is 38.3 Å². The number of nitrogens with one attached hydrogen (secondary N) is 1. The number of carbonyl (C=O) groups excluding carboxylic acids is 1. The number of hydrogen-bond donors (Lipinski definition) is 1. The van der Waals surface area contributed by atoms with Crippen molar-refractivity contribution in [3.05, 3.63) is 28.2 Å². The van der Waals surface area contributed by atoms with Crippen LogP contribution in [0.25, 0.3) is 0 Å². The summed E-state index contributed by atoms with van der Waals surface area (Å²) >= 11 is 2.85. The van der Waals surface area contributed by atoms with Gasteiger partial charge in [0.15, 0.2) is 0 Å². The van der Waals surface area contributed by atoms with E-state index in [9.17, 15) is 18.0 Å². The molecule has 0 radical (unpaired) electrons. The molecule has 7 heteroatoms. The Kier molecular flexibility index (Phi) is 5.22. The van der Waals surface area contributed by atoms with Crippen LogP contribution in [0.15, 0.2) is 22.7 Å². The molecule has 1 rings (SSSR count). The summed E-state index contributed by atoms with van der Waals surface area (Å²) in [4.78, 5) is 11.4. The Labute approximate surface area is 117 Å². The summed E-state index contributed by atoms with van der Waals surface area (Å²) < 4.78 is 42.8. The van der Waals surface area contributed by atoms with E-state index in [-0.39, 0.29) is 16.8 Å². The fourth-order valence-corrected chi connectivity index (χ4v) is 1.88. The lowest BCUT2D eigenvalue weighted by Crippen LogP contribution is -2.28. The Morgan fingerprint density at radius 2 is 2.11 bits per heavy atom. The standard InChI is InChI=1S/C12H13BrF3NO2/c1-3-19-11(18)7(2)17-8-4-5-10(13)9(6-8)12(14,15)16/h4-7,17H,3H2,1-2H3. The number of alkyl halides is 3. The fourth-order valence-electron chi connectivity index (χ4n) is 1.41. The fraction of sp³-hybridized carbons (Fsp3) is 0.417. The van der Waals surface area contributed by atoms with Gasteiger partial charge in [0.1, 0.15) is 6.04 Å². The zero-order valence-corrected chi connectivity index (χ0v) is 11.9. The van der Waals surface area contributed by atoms with Gasteiger partial charge >= 0.3 is 12.1 Å². The third-order valence-corrected chi connectivity index (χ3v) is 2.99. The van der Waals surface area contributed by atoms with Gasteiger partial charge in [-0.15, -0.1) is 0 Å². The van der Waals surface area contributed by atoms with E-state index in [1.54, 1.807) is 6.92 Å². The summed E-state index contributed by atoms with van der Waals surface area (Å²) in [5.41, 5.74) is -0.593. The number of ether oxygens (including phenoxy) is 1. The molecule has 0 heterocycles. The molecule has 0 fully saturated rings. The Hall–Kier alpha value is -1.24. The monoisotopic (exact) mass is 339 g/mol. The SMILES string of the molecule is CCOC(=O)C(C)Nc1ccc(Br)c(C(F)(F)F)c1. The van der Waals surface area contributed by atoms with E-state index in [4.69, 9.17) is 4.74 Å². The van der Waals surface area contributed by atoms with E-state index in [1.807, 2.05) is 0 Å². The Morgan fingerprint density at radius 3 is 2.63 bits per heavy atom. The second-order valence-electron chi connectivity index (χ2n) is 3.81. The molecule has 0 aliphatic carbocycles. The highest BCUT2D eigenvalue weighted by Gasteiger charge is 2.33. The number of anilines is 1. The Morgan fingerprint density at radius 1 is 1.47 bits per heavy atom. The van der Waals surface area contributed by atoms with Gasteiger partial charge in [0, 0.05) is 10.2 Å². The molecule has 0 amide bonds. The molecule has 0 saturated carbocycles. The first-order valence-electron chi connectivity index (χ1n) is 5.55. The first-order chi connectivity index (χ1) is 8.75. The first kappa shape index (κ1) is 15.8. The van der Waals surface area contributed by atoms with E-state index in [0.717, 1.165) is 6.07 Å². The molecule has 106 valence electrons. The average molecular weight is 340 g/mol. The lowest BCUT2D eigenvalue weighted by atomic mass is 10.2. The van der Waals surface area contributed by atoms with Crippen LogP contribution in [0, 0.1) is 0 Å². The number of rotatable bonds is 4. The van der Waals surface area contributed by atoms with Gasteiger partial charge < -0.3 is 10.1 Å². The molecule has 1 unspecified atom stereocenters. The van der Waals surface area contributed by atoms with E-state index >= 15 is 0 Å². The Balaban J connectivity index is 2.89. The average Bonchev–Trinajstić information content (AvgIpc) is 2.30. The minimum absolute atomic E-state index is 0.0469. The lowest BCUT2D eigenvalue weighted by molar-refractivity contribution is -0.143. The molecular formula is C12H13BrF3NO2. The molecular weight excluding hydrogens is 327 g/mol. The highest BCUT2D eigenvalue weighted by Crippen LogP contribution is 2.36. The number of carbonyl (C=O) groups is 1. The number of esters is 1. The van der Waals surface area contributed by atoms with Crippen LogP contribution >= 0.6 is 15.9 Å². The molecule has 19 heavy (non-hydrogen) atoms. The summed E-state index contributed by atoms with van der Waals surface area (Å²) in [6.45, 7) is 3.40. The third kappa shape index (κ3) is 4.41. The molecule has 1 aromatic rings. The molecule has 3 nitrogen and oxygen atoms in total. The molecule has 0 aliphatic heterocycles. The largest absolute Gasteiger partial charge is 0.464 e. The summed E-state index contributed by atoms with van der Waals surface area (Å²) in [5.74, 6) is -0.515. The van der Waals surface area contributed by atoms with Crippen molar-refractivity contribution in [2.75, 3.05) is 11.9 Å². The predicted molar refractivity (Wildman–Crippen MR) is 68.9 cm³/mol. The molecule has 1 atom stereocenters. The lowest BCUT2D eigenvalue weighted by Gasteiger charge is -2.16. The van der Waals surface area contributed by atoms with Gasteiger partial charge in [0.2, 0.25) is 0 Å². The van der Waals surface area contributed by atoms with Crippen LogP contribution in [0.2, 0.25) is 0 Å². The van der Waals surface area contributed by atoms with Gasteiger partial charge in [-0.2, -0.15) is 13.2 Å². The van der Waals surface area contributed by atoms with Crippen molar-refractivity contribution in [2.24, 2.45) is 0 Å².